The summed E-state index contributed by atoms with van der Waals surface area (Å²) in [6.45, 7) is 0. The van der Waals surface area contributed by atoms with Gasteiger partial charge < -0.3 is 15.9 Å². The molecule has 0 unspecified atom stereocenters. The molecular formula is C4H5NO5. The minimum absolute atomic E-state index is 1.38. The number of aliphatic carboxylic acids is 2. The first-order chi connectivity index (χ1) is 4.46. The highest BCUT2D eigenvalue weighted by Gasteiger charge is 2.31. The number of carbonyl (C=O) groups excluding carboxylic acids is 1. The lowest BCUT2D eigenvalue weighted by Crippen LogP contribution is -2.36. The Morgan fingerprint density at radius 2 is 1.40 bits per heavy atom. The lowest BCUT2D eigenvalue weighted by Gasteiger charge is -1.99. The monoisotopic (exact) mass is 147 g/mol. The van der Waals surface area contributed by atoms with Crippen molar-refractivity contribution < 1.29 is 24.6 Å². The Balaban J connectivity index is 4.43. The molecule has 1 amide bonds. The van der Waals surface area contributed by atoms with Crippen molar-refractivity contribution in [1.82, 2.24) is 0 Å². The molecule has 6 nitrogen and oxygen atoms in total. The van der Waals surface area contributed by atoms with Gasteiger partial charge in [-0.2, -0.15) is 0 Å². The molecule has 0 saturated carbocycles. The summed E-state index contributed by atoms with van der Waals surface area (Å²) in [7, 11) is 0. The van der Waals surface area contributed by atoms with Gasteiger partial charge in [0.1, 0.15) is 0 Å². The number of rotatable bonds is 3. The van der Waals surface area contributed by atoms with E-state index < -0.39 is 23.8 Å². The summed E-state index contributed by atoms with van der Waals surface area (Å²) in [5.74, 6) is -7.01. The summed E-state index contributed by atoms with van der Waals surface area (Å²) in [6, 6.07) is 0. The molecule has 0 aliphatic heterocycles. The highest BCUT2D eigenvalue weighted by molar-refractivity contribution is 6.12. The van der Waals surface area contributed by atoms with E-state index >= 15 is 0 Å². The number of carboxylic acids is 2. The first-order valence-electron chi connectivity index (χ1n) is 2.21. The number of carbonyl (C=O) groups is 3. The Labute approximate surface area is 55.2 Å². The quantitative estimate of drug-likeness (QED) is 0.409. The molecule has 0 heterocycles. The van der Waals surface area contributed by atoms with Gasteiger partial charge in [-0.15, -0.1) is 0 Å². The van der Waals surface area contributed by atoms with Gasteiger partial charge in [0.2, 0.25) is 11.8 Å². The van der Waals surface area contributed by atoms with Crippen molar-refractivity contribution in [2.24, 2.45) is 11.7 Å². The number of carboxylic acid groups (broad SMARTS) is 2. The summed E-state index contributed by atoms with van der Waals surface area (Å²) in [4.78, 5) is 29.8. The normalized spacial score (nSPS) is 9.30. The average molecular weight is 147 g/mol. The molecule has 0 aromatic heterocycles. The molecule has 0 fully saturated rings. The van der Waals surface area contributed by atoms with Crippen LogP contribution in [0.5, 0.6) is 0 Å². The fourth-order valence-electron chi connectivity index (χ4n) is 0.349. The standard InChI is InChI=1S/C4H5NO5/c5-2(6)1(3(7)8)4(9)10/h1H,(H2,5,6)(H,7,8)(H,9,10). The van der Waals surface area contributed by atoms with Gasteiger partial charge in [0.25, 0.3) is 0 Å². The summed E-state index contributed by atoms with van der Waals surface area (Å²) >= 11 is 0. The SMILES string of the molecule is NC(=O)C(C(=O)O)C(=O)O. The summed E-state index contributed by atoms with van der Waals surface area (Å²) in [5.41, 5.74) is 4.44. The highest BCUT2D eigenvalue weighted by Crippen LogP contribution is 1.93. The van der Waals surface area contributed by atoms with Gasteiger partial charge in [0.15, 0.2) is 0 Å². The Morgan fingerprint density at radius 3 is 1.40 bits per heavy atom. The molecule has 10 heavy (non-hydrogen) atoms. The minimum Gasteiger partial charge on any atom is -0.480 e. The minimum atomic E-state index is -2.14. The highest BCUT2D eigenvalue weighted by atomic mass is 16.4. The Kier molecular flexibility index (Phi) is 2.36. The number of amides is 1. The van der Waals surface area contributed by atoms with Gasteiger partial charge in [0, 0.05) is 0 Å². The van der Waals surface area contributed by atoms with Crippen LogP contribution in [0.15, 0.2) is 0 Å². The van der Waals surface area contributed by atoms with E-state index in [0.717, 1.165) is 0 Å². The summed E-state index contributed by atoms with van der Waals surface area (Å²) in [5, 5.41) is 16.1. The maximum Gasteiger partial charge on any atom is 0.327 e. The average Bonchev–Trinajstić information content (AvgIpc) is 1.59. The predicted octanol–water partition coefficient (Wildman–Crippen LogP) is -1.74. The zero-order valence-electron chi connectivity index (χ0n) is 4.77. The van der Waals surface area contributed by atoms with Gasteiger partial charge in [-0.25, -0.2) is 0 Å². The molecule has 6 heteroatoms. The van der Waals surface area contributed by atoms with E-state index in [1.807, 2.05) is 0 Å². The van der Waals surface area contributed by atoms with Crippen molar-refractivity contribution in [2.45, 2.75) is 0 Å². The van der Waals surface area contributed by atoms with Crippen LogP contribution < -0.4 is 5.73 Å². The van der Waals surface area contributed by atoms with Crippen molar-refractivity contribution in [3.05, 3.63) is 0 Å². The zero-order chi connectivity index (χ0) is 8.31. The topological polar surface area (TPSA) is 118 Å². The Morgan fingerprint density at radius 1 is 1.10 bits per heavy atom. The lowest BCUT2D eigenvalue weighted by molar-refractivity contribution is -0.157. The first kappa shape index (κ1) is 8.41. The second kappa shape index (κ2) is 2.81. The maximum absolute atomic E-state index is 10.0. The molecule has 0 spiro atoms. The molecule has 0 aliphatic carbocycles. The van der Waals surface area contributed by atoms with Crippen molar-refractivity contribution in [1.29, 1.82) is 0 Å². The molecule has 0 aromatic rings. The van der Waals surface area contributed by atoms with Crippen molar-refractivity contribution in [3.63, 3.8) is 0 Å². The smallest absolute Gasteiger partial charge is 0.327 e. The molecule has 0 radical (unpaired) electrons. The van der Waals surface area contributed by atoms with E-state index in [0.29, 0.717) is 0 Å². The molecule has 0 bridgehead atoms. The molecule has 0 atom stereocenters. The maximum atomic E-state index is 10.0. The molecule has 0 rings (SSSR count). The molecule has 0 saturated heterocycles. The van der Waals surface area contributed by atoms with Crippen molar-refractivity contribution in [3.8, 4) is 0 Å². The third kappa shape index (κ3) is 1.73. The molecule has 0 aromatic carbocycles. The van der Waals surface area contributed by atoms with E-state index in [1.165, 1.54) is 0 Å². The van der Waals surface area contributed by atoms with Crippen LogP contribution in [0.4, 0.5) is 0 Å². The van der Waals surface area contributed by atoms with E-state index in [2.05, 4.69) is 5.73 Å². The van der Waals surface area contributed by atoms with Crippen LogP contribution in [0, 0.1) is 5.92 Å². The lowest BCUT2D eigenvalue weighted by atomic mass is 10.1. The number of nitrogens with two attached hydrogens (primary N) is 1. The van der Waals surface area contributed by atoms with Crippen LogP contribution in [0.2, 0.25) is 0 Å². The van der Waals surface area contributed by atoms with Gasteiger partial charge in [0.05, 0.1) is 0 Å². The molecule has 4 N–H and O–H groups in total. The Hall–Kier alpha value is -1.59. The van der Waals surface area contributed by atoms with Gasteiger partial charge >= 0.3 is 11.9 Å². The summed E-state index contributed by atoms with van der Waals surface area (Å²) in [6.07, 6.45) is 0. The van der Waals surface area contributed by atoms with E-state index in [1.54, 1.807) is 0 Å². The van der Waals surface area contributed by atoms with Crippen LogP contribution in [0.3, 0.4) is 0 Å². The number of hydrogen-bond donors (Lipinski definition) is 3. The third-order valence-corrected chi connectivity index (χ3v) is 0.778. The van der Waals surface area contributed by atoms with Crippen LogP contribution >= 0.6 is 0 Å². The zero-order valence-corrected chi connectivity index (χ0v) is 4.77. The van der Waals surface area contributed by atoms with Gasteiger partial charge in [-0.05, 0) is 0 Å². The van der Waals surface area contributed by atoms with Gasteiger partial charge in [-0.1, -0.05) is 0 Å². The molecular weight excluding hydrogens is 142 g/mol. The fourth-order valence-corrected chi connectivity index (χ4v) is 0.349. The second-order valence-corrected chi connectivity index (χ2v) is 1.51. The van der Waals surface area contributed by atoms with E-state index in [4.69, 9.17) is 10.2 Å². The van der Waals surface area contributed by atoms with Crippen molar-refractivity contribution >= 4 is 17.8 Å². The predicted molar refractivity (Wildman–Crippen MR) is 28.0 cm³/mol. The third-order valence-electron chi connectivity index (χ3n) is 0.778. The van der Waals surface area contributed by atoms with E-state index in [-0.39, 0.29) is 0 Å². The van der Waals surface area contributed by atoms with Crippen molar-refractivity contribution in [2.75, 3.05) is 0 Å². The second-order valence-electron chi connectivity index (χ2n) is 1.51. The largest absolute Gasteiger partial charge is 0.480 e. The van der Waals surface area contributed by atoms with Crippen LogP contribution in [-0.2, 0) is 14.4 Å². The van der Waals surface area contributed by atoms with E-state index in [9.17, 15) is 14.4 Å². The van der Waals surface area contributed by atoms with Gasteiger partial charge in [-0.3, -0.25) is 14.4 Å². The molecule has 0 aliphatic rings. The first-order valence-corrected chi connectivity index (χ1v) is 2.21. The number of hydrogen-bond acceptors (Lipinski definition) is 3. The Bertz CT molecular complexity index is 153. The summed E-state index contributed by atoms with van der Waals surface area (Å²) < 4.78 is 0. The molecule has 56 valence electrons. The van der Waals surface area contributed by atoms with Crippen LogP contribution in [-0.4, -0.2) is 28.1 Å². The van der Waals surface area contributed by atoms with Crippen LogP contribution in [0.1, 0.15) is 0 Å². The number of primary amides is 1. The fraction of sp³-hybridized carbons (Fsp3) is 0.250. The van der Waals surface area contributed by atoms with Crippen LogP contribution in [0.25, 0.3) is 0 Å².